The van der Waals surface area contributed by atoms with Gasteiger partial charge in [0.1, 0.15) is 5.15 Å². The minimum atomic E-state index is 0.0817. The largest absolute Gasteiger partial charge is 0.378 e. The first-order chi connectivity index (χ1) is 10.6. The Balaban J connectivity index is 1.68. The van der Waals surface area contributed by atoms with Gasteiger partial charge in [-0.1, -0.05) is 11.6 Å². The van der Waals surface area contributed by atoms with E-state index in [4.69, 9.17) is 16.3 Å². The second-order valence-corrected chi connectivity index (χ2v) is 6.69. The molecule has 2 fully saturated rings. The third-order valence-corrected chi connectivity index (χ3v) is 5.25. The molecule has 1 aromatic heterocycles. The van der Waals surface area contributed by atoms with Crippen LogP contribution in [0, 0.1) is 6.92 Å². The Morgan fingerprint density at radius 2 is 2.23 bits per heavy atom. The zero-order valence-electron chi connectivity index (χ0n) is 13.3. The highest BCUT2D eigenvalue weighted by Crippen LogP contribution is 2.38. The van der Waals surface area contributed by atoms with Crippen molar-refractivity contribution in [2.45, 2.75) is 57.6 Å². The lowest BCUT2D eigenvalue weighted by molar-refractivity contribution is -0.132. The monoisotopic (exact) mass is 325 g/mol. The number of aromatic nitrogens is 2. The molecule has 2 aliphatic rings. The molecule has 0 unspecified atom stereocenters. The number of halogens is 1. The number of amides is 1. The summed E-state index contributed by atoms with van der Waals surface area (Å²) in [4.78, 5) is 14.6. The molecular formula is C16H24ClN3O2. The first-order valence-corrected chi connectivity index (χ1v) is 8.55. The molecule has 5 nitrogen and oxygen atoms in total. The van der Waals surface area contributed by atoms with E-state index in [1.54, 1.807) is 4.68 Å². The molecule has 0 spiro atoms. The lowest BCUT2D eigenvalue weighted by Gasteiger charge is -2.25. The number of hydrogen-bond donors (Lipinski definition) is 0. The average molecular weight is 326 g/mol. The van der Waals surface area contributed by atoms with Gasteiger partial charge in [0.05, 0.1) is 17.8 Å². The van der Waals surface area contributed by atoms with Crippen LogP contribution in [0.25, 0.3) is 0 Å². The molecule has 3 rings (SSSR count). The van der Waals surface area contributed by atoms with Crippen LogP contribution in [0.3, 0.4) is 0 Å². The maximum atomic E-state index is 12.6. The number of likely N-dealkylation sites (tertiary alicyclic amines) is 1. The van der Waals surface area contributed by atoms with Crippen molar-refractivity contribution in [3.63, 3.8) is 0 Å². The van der Waals surface area contributed by atoms with Crippen LogP contribution in [0.4, 0.5) is 0 Å². The lowest BCUT2D eigenvalue weighted by atomic mass is 10.0. The zero-order chi connectivity index (χ0) is 15.7. The minimum absolute atomic E-state index is 0.0817. The molecule has 2 saturated heterocycles. The van der Waals surface area contributed by atoms with Gasteiger partial charge in [-0.25, -0.2) is 0 Å². The fourth-order valence-corrected chi connectivity index (χ4v) is 3.99. The van der Waals surface area contributed by atoms with Crippen LogP contribution >= 0.6 is 11.6 Å². The maximum absolute atomic E-state index is 12.6. The van der Waals surface area contributed by atoms with E-state index in [1.165, 1.54) is 0 Å². The average Bonchev–Trinajstić information content (AvgIpc) is 3.19. The van der Waals surface area contributed by atoms with Crippen molar-refractivity contribution < 1.29 is 9.53 Å². The van der Waals surface area contributed by atoms with Gasteiger partial charge in [0.15, 0.2) is 0 Å². The first kappa shape index (κ1) is 15.8. The van der Waals surface area contributed by atoms with Crippen molar-refractivity contribution in [3.05, 3.63) is 16.4 Å². The zero-order valence-corrected chi connectivity index (χ0v) is 14.1. The highest BCUT2D eigenvalue weighted by Gasteiger charge is 2.34. The van der Waals surface area contributed by atoms with Crippen LogP contribution in [0.15, 0.2) is 0 Å². The van der Waals surface area contributed by atoms with Crippen LogP contribution < -0.4 is 0 Å². The molecule has 6 heteroatoms. The number of nitrogens with zero attached hydrogens (tertiary/aromatic N) is 3. The number of aryl methyl sites for hydroxylation is 2. The van der Waals surface area contributed by atoms with Crippen LogP contribution in [-0.4, -0.2) is 39.8 Å². The molecule has 2 aliphatic heterocycles. The number of carbonyl (C=O) groups excluding carboxylic acids is 1. The van der Waals surface area contributed by atoms with Crippen LogP contribution in [-0.2, 0) is 16.6 Å². The van der Waals surface area contributed by atoms with E-state index >= 15 is 0 Å². The fraction of sp³-hybridized carbons (Fsp3) is 0.750. The summed E-state index contributed by atoms with van der Waals surface area (Å²) in [5.41, 5.74) is 1.95. The summed E-state index contributed by atoms with van der Waals surface area (Å²) in [7, 11) is 1.84. The van der Waals surface area contributed by atoms with Crippen LogP contribution in [0.1, 0.15) is 55.8 Å². The lowest BCUT2D eigenvalue weighted by Crippen LogP contribution is -2.31. The van der Waals surface area contributed by atoms with Crippen LogP contribution in [0.5, 0.6) is 0 Å². The molecule has 0 N–H and O–H groups in total. The Morgan fingerprint density at radius 1 is 1.41 bits per heavy atom. The molecule has 0 bridgehead atoms. The Kier molecular flexibility index (Phi) is 4.73. The molecular weight excluding hydrogens is 302 g/mol. The molecule has 22 heavy (non-hydrogen) atoms. The molecule has 3 heterocycles. The van der Waals surface area contributed by atoms with E-state index in [-0.39, 0.29) is 18.1 Å². The maximum Gasteiger partial charge on any atom is 0.223 e. The smallest absolute Gasteiger partial charge is 0.223 e. The molecule has 0 saturated carbocycles. The summed E-state index contributed by atoms with van der Waals surface area (Å²) in [5, 5.41) is 5.04. The number of hydrogen-bond acceptors (Lipinski definition) is 3. The normalized spacial score (nSPS) is 25.1. The Labute approximate surface area is 136 Å². The van der Waals surface area contributed by atoms with Crippen LogP contribution in [0.2, 0.25) is 5.15 Å². The number of ether oxygens (including phenoxy) is 1. The van der Waals surface area contributed by atoms with Gasteiger partial charge in [-0.05, 0) is 39.0 Å². The predicted molar refractivity (Wildman–Crippen MR) is 84.9 cm³/mol. The molecule has 0 aliphatic carbocycles. The van der Waals surface area contributed by atoms with Gasteiger partial charge in [0, 0.05) is 32.2 Å². The van der Waals surface area contributed by atoms with E-state index < -0.39 is 0 Å². The van der Waals surface area contributed by atoms with E-state index in [1.807, 2.05) is 18.9 Å². The standard InChI is InChI=1S/C16H24ClN3O2/c1-11-15(16(17)19(2)18-11)13-6-3-9-20(13)14(21)8-7-12-5-4-10-22-12/h12-13H,3-10H2,1-2H3/t12-,13-/m0/s1. The molecule has 1 amide bonds. The minimum Gasteiger partial charge on any atom is -0.378 e. The van der Waals surface area contributed by atoms with Gasteiger partial charge >= 0.3 is 0 Å². The number of carbonyl (C=O) groups is 1. The van der Waals surface area contributed by atoms with Crippen molar-refractivity contribution >= 4 is 17.5 Å². The van der Waals surface area contributed by atoms with Gasteiger partial charge < -0.3 is 9.64 Å². The second kappa shape index (κ2) is 6.59. The van der Waals surface area contributed by atoms with E-state index in [9.17, 15) is 4.79 Å². The van der Waals surface area contributed by atoms with E-state index in [2.05, 4.69) is 5.10 Å². The summed E-state index contributed by atoms with van der Waals surface area (Å²) in [6, 6.07) is 0.0817. The summed E-state index contributed by atoms with van der Waals surface area (Å²) < 4.78 is 7.31. The molecule has 122 valence electrons. The third kappa shape index (κ3) is 3.01. The van der Waals surface area contributed by atoms with Crippen molar-refractivity contribution in [1.29, 1.82) is 0 Å². The summed E-state index contributed by atoms with van der Waals surface area (Å²) in [6.45, 7) is 3.63. The Morgan fingerprint density at radius 3 is 2.86 bits per heavy atom. The summed E-state index contributed by atoms with van der Waals surface area (Å²) in [5.74, 6) is 0.220. The Bertz CT molecular complexity index is 552. The number of rotatable bonds is 4. The SMILES string of the molecule is Cc1nn(C)c(Cl)c1[C@@H]1CCCN1C(=O)CC[C@@H]1CCCO1. The molecule has 1 aromatic rings. The van der Waals surface area contributed by atoms with Gasteiger partial charge in [0.25, 0.3) is 0 Å². The topological polar surface area (TPSA) is 47.4 Å². The van der Waals surface area contributed by atoms with Gasteiger partial charge in [0.2, 0.25) is 5.91 Å². The Hall–Kier alpha value is -1.07. The molecule has 0 aromatic carbocycles. The second-order valence-electron chi connectivity index (χ2n) is 6.33. The first-order valence-electron chi connectivity index (χ1n) is 8.18. The van der Waals surface area contributed by atoms with Crippen molar-refractivity contribution in [1.82, 2.24) is 14.7 Å². The highest BCUT2D eigenvalue weighted by molar-refractivity contribution is 6.30. The van der Waals surface area contributed by atoms with Crippen molar-refractivity contribution in [2.24, 2.45) is 7.05 Å². The van der Waals surface area contributed by atoms with Crippen molar-refractivity contribution in [3.8, 4) is 0 Å². The van der Waals surface area contributed by atoms with Crippen molar-refractivity contribution in [2.75, 3.05) is 13.2 Å². The quantitative estimate of drug-likeness (QED) is 0.855. The molecule has 0 radical (unpaired) electrons. The van der Waals surface area contributed by atoms with Gasteiger partial charge in [-0.2, -0.15) is 5.10 Å². The summed E-state index contributed by atoms with van der Waals surface area (Å²) in [6.07, 6.45) is 5.88. The fourth-order valence-electron chi connectivity index (χ4n) is 3.69. The van der Waals surface area contributed by atoms with Gasteiger partial charge in [-0.3, -0.25) is 9.48 Å². The predicted octanol–water partition coefficient (Wildman–Crippen LogP) is 3.00. The van der Waals surface area contributed by atoms with Gasteiger partial charge in [-0.15, -0.1) is 0 Å². The highest BCUT2D eigenvalue weighted by atomic mass is 35.5. The van der Waals surface area contributed by atoms with E-state index in [0.29, 0.717) is 11.6 Å². The third-order valence-electron chi connectivity index (χ3n) is 4.81. The summed E-state index contributed by atoms with van der Waals surface area (Å²) >= 11 is 6.39. The van der Waals surface area contributed by atoms with E-state index in [0.717, 1.165) is 56.5 Å². The molecule has 2 atom stereocenters.